The van der Waals surface area contributed by atoms with E-state index in [9.17, 15) is 9.59 Å². The van der Waals surface area contributed by atoms with Gasteiger partial charge in [-0.15, -0.1) is 0 Å². The van der Waals surface area contributed by atoms with Gasteiger partial charge in [0.1, 0.15) is 0 Å². The molecule has 0 atom stereocenters. The second-order valence-corrected chi connectivity index (χ2v) is 1.14. The van der Waals surface area contributed by atoms with Crippen LogP contribution in [-0.2, 0) is 9.59 Å². The van der Waals surface area contributed by atoms with Gasteiger partial charge in [0, 0.05) is 9.59 Å². The van der Waals surface area contributed by atoms with Gasteiger partial charge in [0.15, 0.2) is 0 Å². The topological polar surface area (TPSA) is 34.1 Å². The lowest BCUT2D eigenvalue weighted by Crippen LogP contribution is -1.76. The van der Waals surface area contributed by atoms with Gasteiger partial charge in [0.05, 0.1) is 6.42 Å². The van der Waals surface area contributed by atoms with Crippen LogP contribution in [0.25, 0.3) is 0 Å². The van der Waals surface area contributed by atoms with Gasteiger partial charge >= 0.3 is 12.6 Å². The smallest absolute Gasteiger partial charge is 0.0170 e. The molecular formula is C5H6O2+2. The van der Waals surface area contributed by atoms with Crippen molar-refractivity contribution >= 4 is 12.6 Å². The number of hydrogen-bond donors (Lipinski definition) is 0. The Morgan fingerprint density at radius 1 is 1.00 bits per heavy atom. The van der Waals surface area contributed by atoms with E-state index in [2.05, 4.69) is 0 Å². The average molecular weight is 98.1 g/mol. The summed E-state index contributed by atoms with van der Waals surface area (Å²) in [6.45, 7) is 0. The van der Waals surface area contributed by atoms with E-state index in [1.165, 1.54) is 0 Å². The molecule has 0 spiro atoms. The van der Waals surface area contributed by atoms with Crippen LogP contribution in [0.4, 0.5) is 0 Å². The monoisotopic (exact) mass is 98.0 g/mol. The molecule has 0 radical (unpaired) electrons. The lowest BCUT2D eigenvalue weighted by molar-refractivity contribution is 0.541. The second-order valence-electron chi connectivity index (χ2n) is 1.14. The van der Waals surface area contributed by atoms with Crippen molar-refractivity contribution in [3.05, 3.63) is 0 Å². The van der Waals surface area contributed by atoms with E-state index in [1.807, 2.05) is 0 Å². The van der Waals surface area contributed by atoms with Crippen LogP contribution in [0.15, 0.2) is 0 Å². The highest BCUT2D eigenvalue weighted by atomic mass is 16.1. The number of rotatable bonds is 4. The van der Waals surface area contributed by atoms with Crippen molar-refractivity contribution in [3.63, 3.8) is 0 Å². The van der Waals surface area contributed by atoms with Crippen molar-refractivity contribution in [2.75, 3.05) is 0 Å². The van der Waals surface area contributed by atoms with Crippen LogP contribution >= 0.6 is 0 Å². The summed E-state index contributed by atoms with van der Waals surface area (Å²) in [5.41, 5.74) is 0. The zero-order valence-electron chi connectivity index (χ0n) is 3.94. The molecule has 0 aromatic heterocycles. The molecule has 7 heavy (non-hydrogen) atoms. The molecule has 0 bridgehead atoms. The maximum absolute atomic E-state index is 9.42. The van der Waals surface area contributed by atoms with E-state index in [0.29, 0.717) is 19.3 Å². The summed E-state index contributed by atoms with van der Waals surface area (Å²) in [5.74, 6) is 0. The molecule has 0 amide bonds. The largest absolute Gasteiger partial charge is 0.506 e. The minimum absolute atomic E-state index is 0.356. The molecule has 2 heteroatoms. The first-order valence-electron chi connectivity index (χ1n) is 2.12. The highest BCUT2D eigenvalue weighted by Gasteiger charge is 2.03. The fourth-order valence-electron chi connectivity index (χ4n) is 0.233. The molecule has 0 unspecified atom stereocenters. The Balaban J connectivity index is 2.68. The third kappa shape index (κ3) is 5.16. The molecule has 0 heterocycles. The van der Waals surface area contributed by atoms with E-state index in [-0.39, 0.29) is 0 Å². The van der Waals surface area contributed by atoms with Crippen molar-refractivity contribution in [1.29, 1.82) is 0 Å². The van der Waals surface area contributed by atoms with Crippen LogP contribution in [-0.4, -0.2) is 12.6 Å². The zero-order valence-corrected chi connectivity index (χ0v) is 3.94. The Morgan fingerprint density at radius 2 is 1.43 bits per heavy atom. The fourth-order valence-corrected chi connectivity index (χ4v) is 0.233. The fraction of sp³-hybridized carbons (Fsp3) is 0.600. The Kier molecular flexibility index (Phi) is 4.54. The van der Waals surface area contributed by atoms with Gasteiger partial charge < -0.3 is 0 Å². The summed E-state index contributed by atoms with van der Waals surface area (Å²) in [4.78, 5) is 18.8. The Bertz CT molecular complexity index is 51.1. The highest BCUT2D eigenvalue weighted by Crippen LogP contribution is 1.85. The normalized spacial score (nSPS) is 6.86. The van der Waals surface area contributed by atoms with Gasteiger partial charge in [0.25, 0.3) is 0 Å². The molecular weight excluding hydrogens is 92.1 g/mol. The van der Waals surface area contributed by atoms with E-state index in [0.717, 1.165) is 0 Å². The molecule has 0 N–H and O–H groups in total. The molecule has 2 nitrogen and oxygen atoms in total. The lowest BCUT2D eigenvalue weighted by atomic mass is 10.3. The van der Waals surface area contributed by atoms with Crippen molar-refractivity contribution in [3.8, 4) is 0 Å². The van der Waals surface area contributed by atoms with Crippen LogP contribution in [0.5, 0.6) is 0 Å². The third-order valence-electron chi connectivity index (χ3n) is 0.558. The van der Waals surface area contributed by atoms with Gasteiger partial charge in [0.2, 0.25) is 12.8 Å². The van der Waals surface area contributed by atoms with Crippen LogP contribution < -0.4 is 0 Å². The first-order chi connectivity index (χ1) is 3.41. The summed E-state index contributed by atoms with van der Waals surface area (Å²) in [6, 6.07) is 0. The van der Waals surface area contributed by atoms with E-state index < -0.39 is 0 Å². The minimum atomic E-state index is 0.356. The van der Waals surface area contributed by atoms with Crippen molar-refractivity contribution in [1.82, 2.24) is 0 Å². The Labute approximate surface area is 42.5 Å². The van der Waals surface area contributed by atoms with Gasteiger partial charge in [-0.3, -0.25) is 0 Å². The maximum atomic E-state index is 9.42. The van der Waals surface area contributed by atoms with Gasteiger partial charge in [-0.05, 0) is 0 Å². The van der Waals surface area contributed by atoms with Crippen molar-refractivity contribution in [2.24, 2.45) is 0 Å². The molecule has 0 rings (SSSR count). The van der Waals surface area contributed by atoms with Crippen LogP contribution in [0.3, 0.4) is 0 Å². The number of hydrogen-bond acceptors (Lipinski definition) is 2. The zero-order chi connectivity index (χ0) is 5.54. The third-order valence-corrected chi connectivity index (χ3v) is 0.558. The first-order valence-corrected chi connectivity index (χ1v) is 2.12. The molecule has 0 aliphatic rings. The van der Waals surface area contributed by atoms with Crippen LogP contribution in [0.2, 0.25) is 0 Å². The SMILES string of the molecule is O=[C+]CCC[C+]=O. The number of unbranched alkanes of at least 4 members (excludes halogenated alkanes) is 2. The summed E-state index contributed by atoms with van der Waals surface area (Å²) in [7, 11) is 0. The van der Waals surface area contributed by atoms with Gasteiger partial charge in [-0.25, -0.2) is 0 Å². The molecule has 0 saturated heterocycles. The number of carbonyl (C=O) groups excluding carboxylic acids is 2. The Hall–Kier alpha value is -0.840. The summed E-state index contributed by atoms with van der Waals surface area (Å²) in [5, 5.41) is 0. The molecule has 0 aliphatic carbocycles. The van der Waals surface area contributed by atoms with Crippen LogP contribution in [0.1, 0.15) is 19.3 Å². The molecule has 0 fully saturated rings. The molecule has 0 aliphatic heterocycles. The standard InChI is InChI=1S/C5H6O2/c6-4-2-1-3-5-7/h1-3H2/q+2. The second kappa shape index (κ2) is 5.16. The van der Waals surface area contributed by atoms with E-state index in [4.69, 9.17) is 0 Å². The molecule has 0 aromatic rings. The lowest BCUT2D eigenvalue weighted by Gasteiger charge is -1.57. The quantitative estimate of drug-likeness (QED) is 0.376. The van der Waals surface area contributed by atoms with Crippen LogP contribution in [0, 0.1) is 0 Å². The molecule has 36 valence electrons. The summed E-state index contributed by atoms with van der Waals surface area (Å²) < 4.78 is 0. The molecule has 0 aromatic carbocycles. The first kappa shape index (κ1) is 6.16. The maximum Gasteiger partial charge on any atom is 0.506 e. The average Bonchev–Trinajstić information content (AvgIpc) is 1.69. The summed E-state index contributed by atoms with van der Waals surface area (Å²) >= 11 is 0. The minimum Gasteiger partial charge on any atom is 0.0170 e. The predicted molar refractivity (Wildman–Crippen MR) is 25.2 cm³/mol. The van der Waals surface area contributed by atoms with E-state index in [1.54, 1.807) is 12.6 Å². The van der Waals surface area contributed by atoms with Gasteiger partial charge in [-0.2, -0.15) is 0 Å². The van der Waals surface area contributed by atoms with Crippen molar-refractivity contribution in [2.45, 2.75) is 19.3 Å². The van der Waals surface area contributed by atoms with Gasteiger partial charge in [-0.1, -0.05) is 0 Å². The summed E-state index contributed by atoms with van der Waals surface area (Å²) in [6.07, 6.45) is 4.65. The highest BCUT2D eigenvalue weighted by molar-refractivity contribution is 5.53. The van der Waals surface area contributed by atoms with Crippen molar-refractivity contribution < 1.29 is 9.59 Å². The Morgan fingerprint density at radius 3 is 1.71 bits per heavy atom. The van der Waals surface area contributed by atoms with E-state index >= 15 is 0 Å². The predicted octanol–water partition coefficient (Wildman–Crippen LogP) is 0.376. The molecule has 0 saturated carbocycles.